The summed E-state index contributed by atoms with van der Waals surface area (Å²) in [7, 11) is -1.63. The highest BCUT2D eigenvalue weighted by Gasteiger charge is 2.32. The van der Waals surface area contributed by atoms with Gasteiger partial charge in [-0.05, 0) is 32.0 Å². The van der Waals surface area contributed by atoms with Crippen molar-refractivity contribution in [3.05, 3.63) is 0 Å². The molecule has 0 aromatic heterocycles. The van der Waals surface area contributed by atoms with Gasteiger partial charge in [0.05, 0.1) is 19.1 Å². The Morgan fingerprint density at radius 1 is 1.25 bits per heavy atom. The average molecular weight is 246 g/mol. The Bertz CT molecular complexity index is 225. The highest BCUT2D eigenvalue weighted by atomic mass is 28.4. The molecule has 0 radical (unpaired) electrons. The monoisotopic (exact) mass is 246 g/mol. The molecule has 3 nitrogen and oxygen atoms in total. The van der Waals surface area contributed by atoms with Gasteiger partial charge in [-0.15, -0.1) is 0 Å². The molecule has 0 aliphatic heterocycles. The van der Waals surface area contributed by atoms with Crippen LogP contribution in [-0.4, -0.2) is 27.0 Å². The molecule has 0 rings (SSSR count). The van der Waals surface area contributed by atoms with E-state index in [4.69, 9.17) is 9.16 Å². The Morgan fingerprint density at radius 2 is 1.75 bits per heavy atom. The van der Waals surface area contributed by atoms with Gasteiger partial charge < -0.3 is 9.16 Å². The van der Waals surface area contributed by atoms with Crippen LogP contribution in [0, 0.1) is 5.41 Å². The Labute approximate surface area is 101 Å². The minimum absolute atomic E-state index is 0.0347. The maximum atomic E-state index is 11.5. The molecule has 4 heteroatoms. The van der Waals surface area contributed by atoms with Gasteiger partial charge in [0.1, 0.15) is 0 Å². The zero-order valence-corrected chi connectivity index (χ0v) is 12.7. The topological polar surface area (TPSA) is 35.5 Å². The van der Waals surface area contributed by atoms with Gasteiger partial charge in [-0.1, -0.05) is 20.8 Å². The molecule has 0 heterocycles. The average Bonchev–Trinajstić information content (AvgIpc) is 1.98. The number of rotatable bonds is 5. The maximum Gasteiger partial charge on any atom is 0.308 e. The molecule has 0 aromatic carbocycles. The van der Waals surface area contributed by atoms with Crippen LogP contribution in [0.2, 0.25) is 19.6 Å². The molecule has 0 N–H and O–H groups in total. The Hall–Kier alpha value is -0.353. The van der Waals surface area contributed by atoms with Crippen molar-refractivity contribution in [1.29, 1.82) is 0 Å². The highest BCUT2D eigenvalue weighted by Crippen LogP contribution is 2.28. The molecule has 0 spiro atoms. The first-order valence-corrected chi connectivity index (χ1v) is 9.30. The van der Waals surface area contributed by atoms with E-state index in [1.807, 2.05) is 6.92 Å². The standard InChI is InChI=1S/C12H26O3Si/c1-8-14-11(13)9-10(12(2,3)4)15-16(5,6)7/h10H,8-9H2,1-7H3. The van der Waals surface area contributed by atoms with Crippen molar-refractivity contribution in [3.63, 3.8) is 0 Å². The van der Waals surface area contributed by atoms with Crippen molar-refractivity contribution < 1.29 is 14.0 Å². The lowest BCUT2D eigenvalue weighted by Gasteiger charge is -2.35. The van der Waals surface area contributed by atoms with Gasteiger partial charge in [-0.3, -0.25) is 4.79 Å². The predicted octanol–water partition coefficient (Wildman–Crippen LogP) is 3.21. The van der Waals surface area contributed by atoms with Crippen LogP contribution < -0.4 is 0 Å². The second kappa shape index (κ2) is 5.82. The summed E-state index contributed by atoms with van der Waals surface area (Å²) < 4.78 is 11.0. The second-order valence-corrected chi connectivity index (χ2v) is 10.6. The van der Waals surface area contributed by atoms with Crippen molar-refractivity contribution in [2.45, 2.75) is 59.9 Å². The van der Waals surface area contributed by atoms with Gasteiger partial charge in [-0.2, -0.15) is 0 Å². The van der Waals surface area contributed by atoms with E-state index in [9.17, 15) is 4.79 Å². The lowest BCUT2D eigenvalue weighted by molar-refractivity contribution is -0.146. The van der Waals surface area contributed by atoms with Crippen LogP contribution in [0.5, 0.6) is 0 Å². The van der Waals surface area contributed by atoms with E-state index in [2.05, 4.69) is 40.4 Å². The number of carbonyl (C=O) groups excluding carboxylic acids is 1. The van der Waals surface area contributed by atoms with Gasteiger partial charge in [-0.25, -0.2) is 0 Å². The van der Waals surface area contributed by atoms with Gasteiger partial charge >= 0.3 is 5.97 Å². The number of hydrogen-bond acceptors (Lipinski definition) is 3. The third kappa shape index (κ3) is 7.01. The lowest BCUT2D eigenvalue weighted by Crippen LogP contribution is -2.40. The van der Waals surface area contributed by atoms with E-state index < -0.39 is 8.32 Å². The van der Waals surface area contributed by atoms with Crippen LogP contribution in [0.3, 0.4) is 0 Å². The minimum atomic E-state index is -1.63. The summed E-state index contributed by atoms with van der Waals surface area (Å²) in [6.45, 7) is 14.9. The van der Waals surface area contributed by atoms with E-state index in [1.165, 1.54) is 0 Å². The van der Waals surface area contributed by atoms with Crippen molar-refractivity contribution in [2.75, 3.05) is 6.61 Å². The fourth-order valence-corrected chi connectivity index (χ4v) is 2.61. The van der Waals surface area contributed by atoms with Crippen molar-refractivity contribution in [2.24, 2.45) is 5.41 Å². The van der Waals surface area contributed by atoms with Crippen molar-refractivity contribution in [1.82, 2.24) is 0 Å². The van der Waals surface area contributed by atoms with Gasteiger partial charge in [0.25, 0.3) is 0 Å². The van der Waals surface area contributed by atoms with Crippen LogP contribution in [0.15, 0.2) is 0 Å². The maximum absolute atomic E-state index is 11.5. The number of carbonyl (C=O) groups is 1. The first kappa shape index (κ1) is 15.6. The minimum Gasteiger partial charge on any atom is -0.466 e. The molecule has 0 aliphatic carbocycles. The Morgan fingerprint density at radius 3 is 2.06 bits per heavy atom. The summed E-state index contributed by atoms with van der Waals surface area (Å²) in [6.07, 6.45) is 0.292. The van der Waals surface area contributed by atoms with Crippen LogP contribution in [0.25, 0.3) is 0 Å². The molecule has 96 valence electrons. The molecular formula is C12H26O3Si. The lowest BCUT2D eigenvalue weighted by atomic mass is 9.87. The molecule has 0 aliphatic rings. The van der Waals surface area contributed by atoms with E-state index in [1.54, 1.807) is 0 Å². The second-order valence-electron chi connectivity index (χ2n) is 6.09. The third-order valence-corrected chi connectivity index (χ3v) is 3.11. The van der Waals surface area contributed by atoms with Crippen LogP contribution in [0.4, 0.5) is 0 Å². The van der Waals surface area contributed by atoms with E-state index in [0.717, 1.165) is 0 Å². The van der Waals surface area contributed by atoms with Crippen molar-refractivity contribution in [3.8, 4) is 0 Å². The van der Waals surface area contributed by atoms with Gasteiger partial charge in [0.2, 0.25) is 0 Å². The Kier molecular flexibility index (Phi) is 5.69. The van der Waals surface area contributed by atoms with Crippen LogP contribution in [-0.2, 0) is 14.0 Å². The largest absolute Gasteiger partial charge is 0.466 e. The normalized spacial score (nSPS) is 14.7. The molecule has 0 bridgehead atoms. The first-order chi connectivity index (χ1) is 7.06. The SMILES string of the molecule is CCOC(=O)CC(O[Si](C)(C)C)C(C)(C)C. The van der Waals surface area contributed by atoms with Crippen LogP contribution in [0.1, 0.15) is 34.1 Å². The summed E-state index contributed by atoms with van der Waals surface area (Å²) >= 11 is 0. The van der Waals surface area contributed by atoms with E-state index in [0.29, 0.717) is 13.0 Å². The van der Waals surface area contributed by atoms with Crippen molar-refractivity contribution >= 4 is 14.3 Å². The summed E-state index contributed by atoms with van der Waals surface area (Å²) in [5.41, 5.74) is -0.0347. The molecular weight excluding hydrogens is 220 g/mol. The Balaban J connectivity index is 4.52. The molecule has 0 aromatic rings. The number of hydrogen-bond donors (Lipinski definition) is 0. The molecule has 0 fully saturated rings. The van der Waals surface area contributed by atoms with E-state index in [-0.39, 0.29) is 17.5 Å². The van der Waals surface area contributed by atoms with Gasteiger partial charge in [0, 0.05) is 0 Å². The number of ether oxygens (including phenoxy) is 1. The summed E-state index contributed by atoms with van der Waals surface area (Å²) in [5, 5.41) is 0. The summed E-state index contributed by atoms with van der Waals surface area (Å²) in [6, 6.07) is 0. The van der Waals surface area contributed by atoms with Gasteiger partial charge in [0.15, 0.2) is 8.32 Å². The smallest absolute Gasteiger partial charge is 0.308 e. The molecule has 1 unspecified atom stereocenters. The molecule has 0 amide bonds. The molecule has 16 heavy (non-hydrogen) atoms. The first-order valence-electron chi connectivity index (χ1n) is 5.89. The third-order valence-electron chi connectivity index (χ3n) is 2.12. The van der Waals surface area contributed by atoms with E-state index >= 15 is 0 Å². The molecule has 0 saturated carbocycles. The zero-order valence-electron chi connectivity index (χ0n) is 11.7. The quantitative estimate of drug-likeness (QED) is 0.552. The fraction of sp³-hybridized carbons (Fsp3) is 0.917. The fourth-order valence-electron chi connectivity index (χ4n) is 1.32. The van der Waals surface area contributed by atoms with Crippen LogP contribution >= 0.6 is 0 Å². The highest BCUT2D eigenvalue weighted by molar-refractivity contribution is 6.69. The zero-order chi connectivity index (χ0) is 13.0. The molecule has 1 atom stereocenters. The summed E-state index contributed by atoms with van der Waals surface area (Å²) in [5.74, 6) is -0.166. The predicted molar refractivity (Wildman–Crippen MR) is 68.9 cm³/mol. The molecule has 0 saturated heterocycles. The summed E-state index contributed by atoms with van der Waals surface area (Å²) in [4.78, 5) is 11.5. The number of esters is 1.